The maximum absolute atomic E-state index is 6.20. The second-order valence-corrected chi connectivity index (χ2v) is 12.6. The highest BCUT2D eigenvalue weighted by molar-refractivity contribution is 9.10. The summed E-state index contributed by atoms with van der Waals surface area (Å²) in [5, 5.41) is 0.220. The van der Waals surface area contributed by atoms with Crippen LogP contribution in [0, 0.1) is 0 Å². The summed E-state index contributed by atoms with van der Waals surface area (Å²) in [6.45, 7) is 11.9. The molecule has 1 aromatic carbocycles. The normalized spacial score (nSPS) is 19.3. The van der Waals surface area contributed by atoms with E-state index in [1.807, 2.05) is 12.1 Å². The zero-order chi connectivity index (χ0) is 15.7. The summed E-state index contributed by atoms with van der Waals surface area (Å²) < 4.78 is 7.28. The Hall–Kier alpha value is -0.623. The van der Waals surface area contributed by atoms with Gasteiger partial charge in [-0.2, -0.15) is 0 Å². The molecule has 0 bridgehead atoms. The number of hydroxylamine groups is 1. The lowest BCUT2D eigenvalue weighted by Gasteiger charge is -2.36. The van der Waals surface area contributed by atoms with E-state index in [0.29, 0.717) is 6.61 Å². The van der Waals surface area contributed by atoms with Crippen molar-refractivity contribution in [1.82, 2.24) is 5.48 Å². The van der Waals surface area contributed by atoms with Crippen LogP contribution >= 0.6 is 15.9 Å². The fourth-order valence-corrected chi connectivity index (χ4v) is 3.05. The molecule has 5 heteroatoms. The fourth-order valence-electron chi connectivity index (χ4n) is 1.77. The standard InChI is InChI=1S/C16H24BrNO2Si/c1-16(2,3)21(4,5)19-11-14-10-15(18-20-14)12-6-8-13(17)9-7-12/h6-10,14,18H,11H2,1-5H3. The Morgan fingerprint density at radius 1 is 1.24 bits per heavy atom. The number of hydrogen-bond acceptors (Lipinski definition) is 3. The van der Waals surface area contributed by atoms with Crippen LogP contribution in [0.25, 0.3) is 5.70 Å². The zero-order valence-electron chi connectivity index (χ0n) is 13.4. The van der Waals surface area contributed by atoms with Crippen LogP contribution in [0.15, 0.2) is 34.8 Å². The highest BCUT2D eigenvalue weighted by atomic mass is 79.9. The first-order valence-electron chi connectivity index (χ1n) is 7.22. The maximum Gasteiger partial charge on any atom is 0.192 e. The molecule has 0 amide bonds. The molecule has 1 aliphatic heterocycles. The molecule has 0 spiro atoms. The third-order valence-corrected chi connectivity index (χ3v) is 9.27. The van der Waals surface area contributed by atoms with E-state index in [1.54, 1.807) is 0 Å². The van der Waals surface area contributed by atoms with Gasteiger partial charge in [0.05, 0.1) is 12.3 Å². The van der Waals surface area contributed by atoms with E-state index in [0.717, 1.165) is 15.7 Å². The molecule has 1 atom stereocenters. The van der Waals surface area contributed by atoms with Gasteiger partial charge < -0.3 is 4.43 Å². The Morgan fingerprint density at radius 2 is 1.86 bits per heavy atom. The first-order chi connectivity index (χ1) is 9.69. The number of benzene rings is 1. The van der Waals surface area contributed by atoms with Crippen LogP contribution in [-0.4, -0.2) is 21.0 Å². The molecular weight excluding hydrogens is 346 g/mol. The van der Waals surface area contributed by atoms with Crippen LogP contribution in [0.3, 0.4) is 0 Å². The second kappa shape index (κ2) is 6.24. The van der Waals surface area contributed by atoms with Gasteiger partial charge in [0.15, 0.2) is 8.32 Å². The van der Waals surface area contributed by atoms with Gasteiger partial charge in [-0.1, -0.05) is 48.8 Å². The van der Waals surface area contributed by atoms with Gasteiger partial charge >= 0.3 is 0 Å². The molecule has 116 valence electrons. The maximum atomic E-state index is 6.20. The van der Waals surface area contributed by atoms with Crippen LogP contribution in [0.5, 0.6) is 0 Å². The zero-order valence-corrected chi connectivity index (χ0v) is 16.0. The van der Waals surface area contributed by atoms with E-state index in [4.69, 9.17) is 9.26 Å². The van der Waals surface area contributed by atoms with E-state index in [2.05, 4.69) is 73.5 Å². The first-order valence-corrected chi connectivity index (χ1v) is 10.9. The summed E-state index contributed by atoms with van der Waals surface area (Å²) in [6.07, 6.45) is 2.06. The largest absolute Gasteiger partial charge is 0.414 e. The van der Waals surface area contributed by atoms with Gasteiger partial charge in [0, 0.05) is 4.47 Å². The molecule has 2 rings (SSSR count). The van der Waals surface area contributed by atoms with Gasteiger partial charge in [0.25, 0.3) is 0 Å². The highest BCUT2D eigenvalue weighted by Crippen LogP contribution is 2.36. The molecule has 0 saturated heterocycles. The summed E-state index contributed by atoms with van der Waals surface area (Å²) >= 11 is 3.44. The topological polar surface area (TPSA) is 30.5 Å². The number of rotatable bonds is 4. The lowest BCUT2D eigenvalue weighted by molar-refractivity contribution is 0.0203. The van der Waals surface area contributed by atoms with Crippen molar-refractivity contribution >= 4 is 29.9 Å². The minimum atomic E-state index is -1.72. The molecule has 0 aliphatic carbocycles. The Labute approximate surface area is 136 Å². The van der Waals surface area contributed by atoms with Crippen molar-refractivity contribution in [2.75, 3.05) is 6.61 Å². The summed E-state index contributed by atoms with van der Waals surface area (Å²) in [4.78, 5) is 5.60. The second-order valence-electron chi connectivity index (χ2n) is 6.92. The van der Waals surface area contributed by atoms with Crippen molar-refractivity contribution in [3.8, 4) is 0 Å². The van der Waals surface area contributed by atoms with Crippen LogP contribution in [0.4, 0.5) is 0 Å². The minimum absolute atomic E-state index is 0.0298. The van der Waals surface area contributed by atoms with E-state index in [-0.39, 0.29) is 11.1 Å². The molecule has 1 aliphatic rings. The van der Waals surface area contributed by atoms with E-state index < -0.39 is 8.32 Å². The van der Waals surface area contributed by atoms with Crippen molar-refractivity contribution in [2.24, 2.45) is 0 Å². The summed E-state index contributed by atoms with van der Waals surface area (Å²) in [5.74, 6) is 0. The summed E-state index contributed by atoms with van der Waals surface area (Å²) in [5.41, 5.74) is 5.12. The molecule has 0 saturated carbocycles. The smallest absolute Gasteiger partial charge is 0.192 e. The van der Waals surface area contributed by atoms with Gasteiger partial charge in [-0.25, -0.2) is 0 Å². The Morgan fingerprint density at radius 3 is 2.43 bits per heavy atom. The van der Waals surface area contributed by atoms with E-state index in [1.165, 1.54) is 0 Å². The molecule has 3 nitrogen and oxygen atoms in total. The Bertz CT molecular complexity index is 520. The Kier molecular flexibility index (Phi) is 4.98. The molecular formula is C16H24BrNO2Si. The average Bonchev–Trinajstić information content (AvgIpc) is 2.85. The van der Waals surface area contributed by atoms with Crippen LogP contribution < -0.4 is 5.48 Å². The summed E-state index contributed by atoms with van der Waals surface area (Å²) in [6, 6.07) is 8.17. The van der Waals surface area contributed by atoms with Crippen molar-refractivity contribution < 1.29 is 9.26 Å². The van der Waals surface area contributed by atoms with Gasteiger partial charge in [-0.15, -0.1) is 0 Å². The third kappa shape index (κ3) is 4.19. The lowest BCUT2D eigenvalue weighted by atomic mass is 10.1. The molecule has 0 fully saturated rings. The predicted molar refractivity (Wildman–Crippen MR) is 93.3 cm³/mol. The number of hydrogen-bond donors (Lipinski definition) is 1. The van der Waals surface area contributed by atoms with Crippen LogP contribution in [-0.2, 0) is 9.26 Å². The van der Waals surface area contributed by atoms with Crippen LogP contribution in [0.1, 0.15) is 26.3 Å². The molecule has 1 N–H and O–H groups in total. The van der Waals surface area contributed by atoms with E-state index in [9.17, 15) is 0 Å². The van der Waals surface area contributed by atoms with Gasteiger partial charge in [-0.05, 0) is 41.9 Å². The highest BCUT2D eigenvalue weighted by Gasteiger charge is 2.37. The van der Waals surface area contributed by atoms with Crippen molar-refractivity contribution in [2.45, 2.75) is 45.0 Å². The minimum Gasteiger partial charge on any atom is -0.414 e. The average molecular weight is 370 g/mol. The Balaban J connectivity index is 1.97. The van der Waals surface area contributed by atoms with Crippen molar-refractivity contribution in [3.63, 3.8) is 0 Å². The van der Waals surface area contributed by atoms with Crippen molar-refractivity contribution in [3.05, 3.63) is 40.4 Å². The lowest BCUT2D eigenvalue weighted by Crippen LogP contribution is -2.42. The quantitative estimate of drug-likeness (QED) is 0.779. The monoisotopic (exact) mass is 369 g/mol. The first kappa shape index (κ1) is 16.7. The van der Waals surface area contributed by atoms with Crippen molar-refractivity contribution in [1.29, 1.82) is 0 Å². The number of nitrogens with one attached hydrogen (secondary N) is 1. The summed E-state index contributed by atoms with van der Waals surface area (Å²) in [7, 11) is -1.72. The van der Waals surface area contributed by atoms with Gasteiger partial charge in [0.2, 0.25) is 0 Å². The molecule has 1 aromatic rings. The third-order valence-electron chi connectivity index (χ3n) is 4.24. The molecule has 0 radical (unpaired) electrons. The molecule has 0 aromatic heterocycles. The molecule has 21 heavy (non-hydrogen) atoms. The molecule has 1 heterocycles. The predicted octanol–water partition coefficient (Wildman–Crippen LogP) is 4.72. The number of halogens is 1. The van der Waals surface area contributed by atoms with Gasteiger partial charge in [-0.3, -0.25) is 10.3 Å². The van der Waals surface area contributed by atoms with Crippen LogP contribution in [0.2, 0.25) is 18.1 Å². The van der Waals surface area contributed by atoms with Gasteiger partial charge in [0.1, 0.15) is 6.10 Å². The van der Waals surface area contributed by atoms with E-state index >= 15 is 0 Å². The molecule has 1 unspecified atom stereocenters. The fraction of sp³-hybridized carbons (Fsp3) is 0.500. The SMILES string of the molecule is CC(C)(C)[Si](C)(C)OCC1C=C(c2ccc(Br)cc2)NO1.